The fraction of sp³-hybridized carbons (Fsp3) is 0.400. The van der Waals surface area contributed by atoms with E-state index >= 15 is 0 Å². The second-order valence-electron chi connectivity index (χ2n) is 16.2. The van der Waals surface area contributed by atoms with Gasteiger partial charge in [-0.1, -0.05) is 203 Å². The summed E-state index contributed by atoms with van der Waals surface area (Å²) < 4.78 is 2.31. The molecule has 347 valence electrons. The molecule has 0 aliphatic heterocycles. The summed E-state index contributed by atoms with van der Waals surface area (Å²) in [6.07, 6.45) is 0. The summed E-state index contributed by atoms with van der Waals surface area (Å²) in [6.45, 7) is 44.5. The van der Waals surface area contributed by atoms with Crippen LogP contribution in [0.1, 0.15) is 168 Å². The van der Waals surface area contributed by atoms with Gasteiger partial charge in [-0.05, 0) is 84.2 Å². The van der Waals surface area contributed by atoms with Crippen molar-refractivity contribution in [2.45, 2.75) is 163 Å². The number of hydrogen-bond acceptors (Lipinski definition) is 0. The molecule has 5 heteroatoms. The molecule has 0 aliphatic carbocycles. The largest absolute Gasteiger partial charge is 0.180 e. The number of benzene rings is 6. The zero-order valence-corrected chi connectivity index (χ0v) is 56.1. The Balaban J connectivity index is -0.000000372. The van der Waals surface area contributed by atoms with Gasteiger partial charge in [0.2, 0.25) is 0 Å². The Morgan fingerprint density at radius 2 is 0.646 bits per heavy atom. The molecule has 0 aliphatic rings. The predicted molar refractivity (Wildman–Crippen MR) is 287 cm³/mol. The second kappa shape index (κ2) is 38.4. The molecule has 0 fully saturated rings. The van der Waals surface area contributed by atoms with Gasteiger partial charge in [-0.2, -0.15) is 35.4 Å². The third-order valence-electron chi connectivity index (χ3n) is 10.3. The van der Waals surface area contributed by atoms with Gasteiger partial charge in [-0.25, -0.2) is 0 Å². The average molecular weight is 1230 g/mol. The monoisotopic (exact) mass is 1230 g/mol. The van der Waals surface area contributed by atoms with Crippen LogP contribution in [-0.4, -0.2) is 0 Å². The van der Waals surface area contributed by atoms with E-state index < -0.39 is 0 Å². The Morgan fingerprint density at radius 3 is 0.908 bits per heavy atom. The summed E-state index contributed by atoms with van der Waals surface area (Å²) in [7, 11) is 0. The standard InChI is InChI=1S/C18H21.C17H18Br.C10H13.C9H11Br.3C2H6.3Y/c1-12(2)16-6-8-17(9-7-16)18-14(4)10-13(3)11-15(18)5;1-11(2)14-5-7-15(8-6-14)17-12(3)9-16(18)10-13(17)4;1-8(2)10-6-4-9(3)5-7-10;1-6-4-9(10)5-7(2)8(6)3;3*1-2;;;/h6-8,10-12H,1-5H3;5-7,9-11H,1-4H3;4,6-8H,1-3H3;4-5H,1-3H3;3*1-2H3;;;/q3*-1;;;;;;;. The Kier molecular flexibility index (Phi) is 42.0. The van der Waals surface area contributed by atoms with Crippen molar-refractivity contribution in [3.05, 3.63) is 185 Å². The third kappa shape index (κ3) is 25.3. The summed E-state index contributed by atoms with van der Waals surface area (Å²) in [5.41, 5.74) is 20.9. The number of aryl methyl sites for hydroxylation is 8. The van der Waals surface area contributed by atoms with E-state index in [2.05, 4.69) is 245 Å². The molecule has 0 nitrogen and oxygen atoms in total. The fourth-order valence-electron chi connectivity index (χ4n) is 6.70. The Bertz CT molecular complexity index is 1990. The minimum atomic E-state index is 0. The van der Waals surface area contributed by atoms with Crippen LogP contribution in [0.4, 0.5) is 0 Å². The second-order valence-corrected chi connectivity index (χ2v) is 18.0. The molecule has 0 N–H and O–H groups in total. The molecule has 0 unspecified atom stereocenters. The van der Waals surface area contributed by atoms with E-state index in [-0.39, 0.29) is 98.1 Å². The average Bonchev–Trinajstić information content (AvgIpc) is 3.23. The van der Waals surface area contributed by atoms with Crippen LogP contribution in [0.5, 0.6) is 0 Å². The van der Waals surface area contributed by atoms with Gasteiger partial charge in [0.25, 0.3) is 0 Å². The number of hydrogen-bond donors (Lipinski definition) is 0. The van der Waals surface area contributed by atoms with Gasteiger partial charge in [0.15, 0.2) is 0 Å². The molecule has 6 rings (SSSR count). The van der Waals surface area contributed by atoms with Gasteiger partial charge in [0.1, 0.15) is 0 Å². The molecule has 65 heavy (non-hydrogen) atoms. The van der Waals surface area contributed by atoms with Gasteiger partial charge in [0, 0.05) is 107 Å². The van der Waals surface area contributed by atoms with Gasteiger partial charge < -0.3 is 0 Å². The van der Waals surface area contributed by atoms with Crippen molar-refractivity contribution in [2.75, 3.05) is 0 Å². The molecule has 3 radical (unpaired) electrons. The molecule has 0 saturated heterocycles. The zero-order valence-electron chi connectivity index (χ0n) is 44.4. The van der Waals surface area contributed by atoms with Crippen molar-refractivity contribution < 1.29 is 98.1 Å². The normalized spacial score (nSPS) is 9.51. The molecule has 6 aromatic carbocycles. The first-order chi connectivity index (χ1) is 29.3. The van der Waals surface area contributed by atoms with E-state index in [1.165, 1.54) is 93.5 Å². The first kappa shape index (κ1) is 71.1. The Hall–Kier alpha value is -0.408. The summed E-state index contributed by atoms with van der Waals surface area (Å²) >= 11 is 6.99. The maximum atomic E-state index is 3.54. The van der Waals surface area contributed by atoms with Crippen LogP contribution in [0, 0.1) is 80.5 Å². The van der Waals surface area contributed by atoms with E-state index in [1.54, 1.807) is 0 Å². The van der Waals surface area contributed by atoms with Gasteiger partial charge >= 0.3 is 0 Å². The molecular weight excluding hydrogens is 1150 g/mol. The molecular formula is C60H81Br2Y3-3. The third-order valence-corrected chi connectivity index (χ3v) is 11.2. The van der Waals surface area contributed by atoms with Crippen LogP contribution >= 0.6 is 31.9 Å². The van der Waals surface area contributed by atoms with Gasteiger partial charge in [-0.3, -0.25) is 0 Å². The zero-order chi connectivity index (χ0) is 47.9. The van der Waals surface area contributed by atoms with Crippen LogP contribution in [0.15, 0.2) is 99.9 Å². The quantitative estimate of drug-likeness (QED) is 0.151. The van der Waals surface area contributed by atoms with Crippen LogP contribution < -0.4 is 0 Å². The van der Waals surface area contributed by atoms with Crippen molar-refractivity contribution >= 4 is 31.9 Å². The van der Waals surface area contributed by atoms with Crippen LogP contribution in [0.2, 0.25) is 0 Å². The van der Waals surface area contributed by atoms with Crippen LogP contribution in [0.25, 0.3) is 22.3 Å². The van der Waals surface area contributed by atoms with E-state index in [0.717, 1.165) is 4.47 Å². The van der Waals surface area contributed by atoms with E-state index in [0.29, 0.717) is 17.8 Å². The molecule has 0 aromatic heterocycles. The summed E-state index contributed by atoms with van der Waals surface area (Å²) in [4.78, 5) is 0. The summed E-state index contributed by atoms with van der Waals surface area (Å²) in [5.74, 6) is 1.75. The number of halogens is 2. The predicted octanol–water partition coefficient (Wildman–Crippen LogP) is 20.2. The molecule has 0 spiro atoms. The minimum absolute atomic E-state index is 0. The van der Waals surface area contributed by atoms with Crippen LogP contribution in [0.3, 0.4) is 0 Å². The smallest absolute Gasteiger partial charge is 0.0180 e. The minimum Gasteiger partial charge on any atom is -0.180 e. The first-order valence-electron chi connectivity index (χ1n) is 22.9. The fourth-order valence-corrected chi connectivity index (χ4v) is 8.07. The van der Waals surface area contributed by atoms with Crippen molar-refractivity contribution in [3.8, 4) is 22.3 Å². The van der Waals surface area contributed by atoms with E-state index in [4.69, 9.17) is 0 Å². The van der Waals surface area contributed by atoms with E-state index in [1.807, 2.05) is 41.5 Å². The molecule has 0 heterocycles. The molecule has 0 saturated carbocycles. The van der Waals surface area contributed by atoms with Crippen molar-refractivity contribution in [2.24, 2.45) is 0 Å². The maximum Gasteiger partial charge on any atom is 0.0180 e. The molecule has 6 aromatic rings. The molecule has 0 bridgehead atoms. The SMILES string of the molecule is CC.CC.CC.Cc1[c-]cc(C(C)C)cc1.Cc1cc(Br)cc(C)c1-c1[c-]cc(C(C)C)cc1.Cc1cc(Br)cc(C)c1C.Cc1cc(C)c(-c2[c-]cc(C(C)C)cc2)c(C)c1.[Y].[Y].[Y]. The summed E-state index contributed by atoms with van der Waals surface area (Å²) in [5, 5.41) is 0. The van der Waals surface area contributed by atoms with Crippen LogP contribution in [-0.2, 0) is 98.1 Å². The Morgan fingerprint density at radius 1 is 0.369 bits per heavy atom. The van der Waals surface area contributed by atoms with Gasteiger partial charge in [-0.15, -0.1) is 70.8 Å². The number of rotatable bonds is 5. The topological polar surface area (TPSA) is 0 Å². The summed E-state index contributed by atoms with van der Waals surface area (Å²) in [6, 6.07) is 42.5. The van der Waals surface area contributed by atoms with Gasteiger partial charge in [0.05, 0.1) is 0 Å². The van der Waals surface area contributed by atoms with Crippen molar-refractivity contribution in [3.63, 3.8) is 0 Å². The maximum absolute atomic E-state index is 3.54. The first-order valence-corrected chi connectivity index (χ1v) is 24.5. The molecule has 0 atom stereocenters. The van der Waals surface area contributed by atoms with E-state index in [9.17, 15) is 0 Å². The Labute approximate surface area is 493 Å². The van der Waals surface area contributed by atoms with Crippen molar-refractivity contribution in [1.29, 1.82) is 0 Å². The molecule has 0 amide bonds. The van der Waals surface area contributed by atoms with Crippen molar-refractivity contribution in [1.82, 2.24) is 0 Å².